The number of halogens is 1. The van der Waals surface area contributed by atoms with Crippen LogP contribution in [0.1, 0.15) is 36.2 Å². The number of aliphatic hydroxyl groups excluding tert-OH is 1. The Morgan fingerprint density at radius 3 is 2.68 bits per heavy atom. The van der Waals surface area contributed by atoms with Crippen LogP contribution in [0.25, 0.3) is 5.69 Å². The van der Waals surface area contributed by atoms with Crippen molar-refractivity contribution in [3.63, 3.8) is 0 Å². The van der Waals surface area contributed by atoms with E-state index in [1.165, 1.54) is 15.6 Å². The Hall–Kier alpha value is -2.28. The number of hydrogen-bond donors (Lipinski definition) is 1. The number of carbonyl (C=O) groups excluding carboxylic acids is 1. The molecule has 0 saturated carbocycles. The Kier molecular flexibility index (Phi) is 4.87. The van der Waals surface area contributed by atoms with Gasteiger partial charge in [0.15, 0.2) is 0 Å². The van der Waals surface area contributed by atoms with Crippen molar-refractivity contribution in [1.29, 1.82) is 0 Å². The van der Waals surface area contributed by atoms with Crippen molar-refractivity contribution in [2.75, 3.05) is 20.2 Å². The fourth-order valence-corrected chi connectivity index (χ4v) is 2.01. The number of rotatable bonds is 5. The third-order valence-corrected chi connectivity index (χ3v) is 3.20. The van der Waals surface area contributed by atoms with Gasteiger partial charge in [-0.25, -0.2) is 14.1 Å². The van der Waals surface area contributed by atoms with Gasteiger partial charge in [-0.1, -0.05) is 26.0 Å². The molecule has 118 valence electrons. The Morgan fingerprint density at radius 2 is 2.09 bits per heavy atom. The third-order valence-electron chi connectivity index (χ3n) is 3.20. The van der Waals surface area contributed by atoms with Gasteiger partial charge < -0.3 is 10.0 Å². The zero-order chi connectivity index (χ0) is 16.3. The van der Waals surface area contributed by atoms with Gasteiger partial charge in [-0.2, -0.15) is 0 Å². The predicted molar refractivity (Wildman–Crippen MR) is 79.5 cm³/mol. The van der Waals surface area contributed by atoms with Gasteiger partial charge in [0.1, 0.15) is 17.3 Å². The molecule has 0 aliphatic heterocycles. The molecule has 0 unspecified atom stereocenters. The van der Waals surface area contributed by atoms with E-state index in [-0.39, 0.29) is 30.6 Å². The van der Waals surface area contributed by atoms with Crippen molar-refractivity contribution in [3.05, 3.63) is 41.7 Å². The highest BCUT2D eigenvalue weighted by atomic mass is 19.1. The molecular formula is C15H19FN4O2. The topological polar surface area (TPSA) is 71.2 Å². The molecule has 1 aromatic heterocycles. The van der Waals surface area contributed by atoms with E-state index >= 15 is 0 Å². The molecule has 2 aromatic rings. The van der Waals surface area contributed by atoms with E-state index in [1.807, 2.05) is 13.8 Å². The predicted octanol–water partition coefficient (Wildman–Crippen LogP) is 1.59. The van der Waals surface area contributed by atoms with Crippen LogP contribution in [0.4, 0.5) is 4.39 Å². The molecular weight excluding hydrogens is 287 g/mol. The van der Waals surface area contributed by atoms with Gasteiger partial charge in [-0.05, 0) is 12.1 Å². The second kappa shape index (κ2) is 6.65. The minimum atomic E-state index is -0.433. The van der Waals surface area contributed by atoms with Gasteiger partial charge >= 0.3 is 0 Å². The van der Waals surface area contributed by atoms with Crippen LogP contribution >= 0.6 is 0 Å². The van der Waals surface area contributed by atoms with Crippen molar-refractivity contribution in [2.24, 2.45) is 0 Å². The van der Waals surface area contributed by atoms with Crippen LogP contribution in [0.15, 0.2) is 24.3 Å². The monoisotopic (exact) mass is 306 g/mol. The number of aromatic nitrogens is 3. The maximum Gasteiger partial charge on any atom is 0.293 e. The summed E-state index contributed by atoms with van der Waals surface area (Å²) in [5, 5.41) is 13.1. The average Bonchev–Trinajstić information content (AvgIpc) is 2.92. The summed E-state index contributed by atoms with van der Waals surface area (Å²) in [6.45, 7) is 3.83. The molecule has 0 fully saturated rings. The molecule has 1 N–H and O–H groups in total. The third kappa shape index (κ3) is 3.14. The summed E-state index contributed by atoms with van der Waals surface area (Å²) < 4.78 is 15.4. The summed E-state index contributed by atoms with van der Waals surface area (Å²) in [5.41, 5.74) is 0.252. The molecule has 0 spiro atoms. The molecule has 6 nitrogen and oxygen atoms in total. The van der Waals surface area contributed by atoms with Crippen LogP contribution in [-0.2, 0) is 0 Å². The van der Waals surface area contributed by atoms with E-state index in [4.69, 9.17) is 5.11 Å². The van der Waals surface area contributed by atoms with Crippen molar-refractivity contribution in [1.82, 2.24) is 19.7 Å². The Balaban J connectivity index is 2.47. The molecule has 1 aromatic carbocycles. The maximum absolute atomic E-state index is 14.0. The molecule has 0 atom stereocenters. The molecule has 1 amide bonds. The summed E-state index contributed by atoms with van der Waals surface area (Å²) in [6, 6.07) is 6.21. The molecule has 0 bridgehead atoms. The number of benzene rings is 1. The smallest absolute Gasteiger partial charge is 0.293 e. The summed E-state index contributed by atoms with van der Waals surface area (Å²) >= 11 is 0. The van der Waals surface area contributed by atoms with Crippen molar-refractivity contribution in [3.8, 4) is 5.69 Å². The lowest BCUT2D eigenvalue weighted by Crippen LogP contribution is -2.30. The second-order valence-corrected chi connectivity index (χ2v) is 5.26. The first-order chi connectivity index (χ1) is 10.5. The van der Waals surface area contributed by atoms with Gasteiger partial charge in [0, 0.05) is 19.5 Å². The van der Waals surface area contributed by atoms with E-state index < -0.39 is 11.7 Å². The van der Waals surface area contributed by atoms with Gasteiger partial charge in [-0.3, -0.25) is 4.79 Å². The van der Waals surface area contributed by atoms with E-state index in [2.05, 4.69) is 10.1 Å². The highest BCUT2D eigenvalue weighted by molar-refractivity contribution is 5.90. The second-order valence-electron chi connectivity index (χ2n) is 5.26. The number of nitrogens with zero attached hydrogens (tertiary/aromatic N) is 4. The maximum atomic E-state index is 14.0. The highest BCUT2D eigenvalue weighted by Gasteiger charge is 2.22. The Morgan fingerprint density at radius 1 is 1.41 bits per heavy atom. The summed E-state index contributed by atoms with van der Waals surface area (Å²) in [4.78, 5) is 17.8. The SMILES string of the molecule is CC(C)c1nc(C(=O)N(C)CCO)nn1-c1ccccc1F. The van der Waals surface area contributed by atoms with Crippen LogP contribution in [-0.4, -0.2) is 50.9 Å². The van der Waals surface area contributed by atoms with E-state index in [0.717, 1.165) is 0 Å². The molecule has 0 aliphatic rings. The molecule has 0 aliphatic carbocycles. The molecule has 22 heavy (non-hydrogen) atoms. The lowest BCUT2D eigenvalue weighted by molar-refractivity contribution is 0.0755. The lowest BCUT2D eigenvalue weighted by Gasteiger charge is -2.12. The molecule has 0 radical (unpaired) electrons. The first-order valence-corrected chi connectivity index (χ1v) is 7.04. The Bertz CT molecular complexity index is 669. The van der Waals surface area contributed by atoms with Gasteiger partial charge in [0.2, 0.25) is 5.82 Å². The van der Waals surface area contributed by atoms with Crippen LogP contribution in [0.3, 0.4) is 0 Å². The number of hydrogen-bond acceptors (Lipinski definition) is 4. The number of para-hydroxylation sites is 1. The fourth-order valence-electron chi connectivity index (χ4n) is 2.01. The fraction of sp³-hybridized carbons (Fsp3) is 0.400. The van der Waals surface area contributed by atoms with Gasteiger partial charge in [0.05, 0.1) is 6.61 Å². The summed E-state index contributed by atoms with van der Waals surface area (Å²) in [6.07, 6.45) is 0. The highest BCUT2D eigenvalue weighted by Crippen LogP contribution is 2.20. The first-order valence-electron chi connectivity index (χ1n) is 7.04. The van der Waals surface area contributed by atoms with Crippen LogP contribution in [0.2, 0.25) is 0 Å². The summed E-state index contributed by atoms with van der Waals surface area (Å²) in [5.74, 6) is -0.381. The van der Waals surface area contributed by atoms with E-state index in [1.54, 1.807) is 25.2 Å². The van der Waals surface area contributed by atoms with Gasteiger partial charge in [0.25, 0.3) is 5.91 Å². The minimum absolute atomic E-state index is 0.0112. The minimum Gasteiger partial charge on any atom is -0.395 e. The van der Waals surface area contributed by atoms with E-state index in [9.17, 15) is 9.18 Å². The number of carbonyl (C=O) groups is 1. The van der Waals surface area contributed by atoms with Crippen molar-refractivity contribution in [2.45, 2.75) is 19.8 Å². The van der Waals surface area contributed by atoms with Crippen LogP contribution in [0, 0.1) is 5.82 Å². The largest absolute Gasteiger partial charge is 0.395 e. The molecule has 0 saturated heterocycles. The van der Waals surface area contributed by atoms with Crippen LogP contribution < -0.4 is 0 Å². The number of likely N-dealkylation sites (N-methyl/N-ethyl adjacent to an activating group) is 1. The quantitative estimate of drug-likeness (QED) is 0.910. The normalized spacial score (nSPS) is 11.0. The standard InChI is InChI=1S/C15H19FN4O2/c1-10(2)14-17-13(15(22)19(3)8-9-21)18-20(14)12-7-5-4-6-11(12)16/h4-7,10,21H,8-9H2,1-3H3. The Labute approximate surface area is 128 Å². The molecule has 7 heteroatoms. The van der Waals surface area contributed by atoms with E-state index in [0.29, 0.717) is 5.82 Å². The number of amides is 1. The van der Waals surface area contributed by atoms with Crippen molar-refractivity contribution < 1.29 is 14.3 Å². The molecule has 1 heterocycles. The van der Waals surface area contributed by atoms with Crippen molar-refractivity contribution >= 4 is 5.91 Å². The number of aliphatic hydroxyl groups is 1. The zero-order valence-electron chi connectivity index (χ0n) is 12.8. The van der Waals surface area contributed by atoms with Gasteiger partial charge in [-0.15, -0.1) is 5.10 Å². The summed E-state index contributed by atoms with van der Waals surface area (Å²) in [7, 11) is 1.55. The van der Waals surface area contributed by atoms with Crippen LogP contribution in [0.5, 0.6) is 0 Å². The lowest BCUT2D eigenvalue weighted by atomic mass is 10.2. The first kappa shape index (κ1) is 16.1. The molecule has 2 rings (SSSR count). The average molecular weight is 306 g/mol. The zero-order valence-corrected chi connectivity index (χ0v) is 12.8.